The molecule has 0 spiro atoms. The summed E-state index contributed by atoms with van der Waals surface area (Å²) in [4.78, 5) is 0. The van der Waals surface area contributed by atoms with Crippen LogP contribution in [0.25, 0.3) is 0 Å². The van der Waals surface area contributed by atoms with Crippen molar-refractivity contribution >= 4 is 0 Å². The molecule has 1 aromatic rings. The van der Waals surface area contributed by atoms with Crippen LogP contribution >= 0.6 is 0 Å². The Kier molecular flexibility index (Phi) is 1.55. The van der Waals surface area contributed by atoms with Crippen molar-refractivity contribution in [1.29, 1.82) is 0 Å². The van der Waals surface area contributed by atoms with E-state index in [2.05, 4.69) is 6.07 Å². The lowest BCUT2D eigenvalue weighted by molar-refractivity contribution is 0.496. The number of nitrogens with two attached hydrogens (primary N) is 1. The molecule has 1 heterocycles. The summed E-state index contributed by atoms with van der Waals surface area (Å²) < 4.78 is 5.49. The van der Waals surface area contributed by atoms with Crippen LogP contribution in [0, 0.1) is 13.8 Å². The van der Waals surface area contributed by atoms with E-state index in [1.54, 1.807) is 0 Å². The Morgan fingerprint density at radius 1 is 1.50 bits per heavy atom. The van der Waals surface area contributed by atoms with E-state index in [4.69, 9.17) is 10.2 Å². The van der Waals surface area contributed by atoms with E-state index in [-0.39, 0.29) is 5.41 Å². The molecular formula is C10H15NO. The second-order valence-corrected chi connectivity index (χ2v) is 3.81. The van der Waals surface area contributed by atoms with Crippen molar-refractivity contribution in [2.24, 2.45) is 5.73 Å². The van der Waals surface area contributed by atoms with Gasteiger partial charge >= 0.3 is 0 Å². The maximum absolute atomic E-state index is 5.74. The standard InChI is InChI=1S/C10H15NO/c1-7-5-9(8(2)12-7)10(6-11)3-4-10/h5H,3-4,6,11H2,1-2H3. The zero-order chi connectivity index (χ0) is 8.77. The molecule has 12 heavy (non-hydrogen) atoms. The minimum Gasteiger partial charge on any atom is -0.466 e. The van der Waals surface area contributed by atoms with Gasteiger partial charge in [-0.25, -0.2) is 0 Å². The zero-order valence-electron chi connectivity index (χ0n) is 7.68. The SMILES string of the molecule is Cc1cc(C2(CN)CC2)c(C)o1. The first kappa shape index (κ1) is 7.87. The van der Waals surface area contributed by atoms with E-state index < -0.39 is 0 Å². The third-order valence-corrected chi connectivity index (χ3v) is 2.86. The lowest BCUT2D eigenvalue weighted by atomic mass is 9.97. The largest absolute Gasteiger partial charge is 0.466 e. The topological polar surface area (TPSA) is 39.2 Å². The van der Waals surface area contributed by atoms with Gasteiger partial charge in [-0.3, -0.25) is 0 Å². The van der Waals surface area contributed by atoms with Crippen LogP contribution in [0.15, 0.2) is 10.5 Å². The van der Waals surface area contributed by atoms with Crippen LogP contribution in [0.1, 0.15) is 29.9 Å². The zero-order valence-corrected chi connectivity index (χ0v) is 7.68. The first-order valence-corrected chi connectivity index (χ1v) is 4.45. The van der Waals surface area contributed by atoms with Gasteiger partial charge in [0, 0.05) is 17.5 Å². The van der Waals surface area contributed by atoms with Gasteiger partial charge in [-0.05, 0) is 32.8 Å². The molecule has 1 saturated carbocycles. The van der Waals surface area contributed by atoms with Crippen LogP contribution in [-0.2, 0) is 5.41 Å². The molecule has 0 radical (unpaired) electrons. The molecular weight excluding hydrogens is 150 g/mol. The first-order chi connectivity index (χ1) is 5.68. The van der Waals surface area contributed by atoms with Gasteiger partial charge in [0.05, 0.1) is 0 Å². The Morgan fingerprint density at radius 2 is 2.17 bits per heavy atom. The molecule has 66 valence electrons. The van der Waals surface area contributed by atoms with Gasteiger partial charge < -0.3 is 10.2 Å². The van der Waals surface area contributed by atoms with E-state index in [0.29, 0.717) is 0 Å². The van der Waals surface area contributed by atoms with Crippen LogP contribution in [-0.4, -0.2) is 6.54 Å². The highest BCUT2D eigenvalue weighted by molar-refractivity contribution is 5.35. The van der Waals surface area contributed by atoms with Crippen molar-refractivity contribution in [2.45, 2.75) is 32.1 Å². The molecule has 2 N–H and O–H groups in total. The molecule has 1 aromatic heterocycles. The second kappa shape index (κ2) is 2.36. The van der Waals surface area contributed by atoms with Crippen LogP contribution in [0.2, 0.25) is 0 Å². The highest BCUT2D eigenvalue weighted by Gasteiger charge is 2.44. The minimum atomic E-state index is 0.280. The molecule has 2 nitrogen and oxygen atoms in total. The fourth-order valence-corrected chi connectivity index (χ4v) is 1.89. The number of aryl methyl sites for hydroxylation is 2. The number of hydrogen-bond acceptors (Lipinski definition) is 2. The van der Waals surface area contributed by atoms with Gasteiger partial charge in [-0.15, -0.1) is 0 Å². The molecule has 0 aromatic carbocycles. The molecule has 0 bridgehead atoms. The summed E-state index contributed by atoms with van der Waals surface area (Å²) in [5, 5.41) is 0. The maximum Gasteiger partial charge on any atom is 0.104 e. The Balaban J connectivity index is 2.39. The number of rotatable bonds is 2. The molecule has 1 fully saturated rings. The van der Waals surface area contributed by atoms with Gasteiger partial charge in [0.15, 0.2) is 0 Å². The van der Waals surface area contributed by atoms with Gasteiger partial charge in [0.25, 0.3) is 0 Å². The van der Waals surface area contributed by atoms with E-state index in [0.717, 1.165) is 18.1 Å². The highest BCUT2D eigenvalue weighted by atomic mass is 16.3. The van der Waals surface area contributed by atoms with E-state index >= 15 is 0 Å². The van der Waals surface area contributed by atoms with Gasteiger partial charge in [0.1, 0.15) is 11.5 Å². The van der Waals surface area contributed by atoms with Crippen molar-refractivity contribution in [3.8, 4) is 0 Å². The predicted octanol–water partition coefficient (Wildman–Crippen LogP) is 1.89. The Morgan fingerprint density at radius 3 is 2.50 bits per heavy atom. The molecule has 0 atom stereocenters. The minimum absolute atomic E-state index is 0.280. The van der Waals surface area contributed by atoms with Crippen molar-refractivity contribution in [2.75, 3.05) is 6.54 Å². The third-order valence-electron chi connectivity index (χ3n) is 2.86. The summed E-state index contributed by atoms with van der Waals surface area (Å²) in [5.74, 6) is 2.05. The fraction of sp³-hybridized carbons (Fsp3) is 0.600. The summed E-state index contributed by atoms with van der Waals surface area (Å²) in [6, 6.07) is 2.13. The van der Waals surface area contributed by atoms with Gasteiger partial charge in [-0.1, -0.05) is 0 Å². The number of furan rings is 1. The molecule has 1 aliphatic rings. The van der Waals surface area contributed by atoms with Crippen molar-refractivity contribution < 1.29 is 4.42 Å². The Bertz CT molecular complexity index is 297. The quantitative estimate of drug-likeness (QED) is 0.726. The smallest absolute Gasteiger partial charge is 0.104 e. The van der Waals surface area contributed by atoms with Crippen LogP contribution in [0.4, 0.5) is 0 Å². The average molecular weight is 165 g/mol. The normalized spacial score (nSPS) is 19.6. The summed E-state index contributed by atoms with van der Waals surface area (Å²) in [6.45, 7) is 4.77. The van der Waals surface area contributed by atoms with Gasteiger partial charge in [0.2, 0.25) is 0 Å². The van der Waals surface area contributed by atoms with Crippen molar-refractivity contribution in [3.05, 3.63) is 23.2 Å². The second-order valence-electron chi connectivity index (χ2n) is 3.81. The molecule has 2 heteroatoms. The molecule has 0 aliphatic heterocycles. The third kappa shape index (κ3) is 0.985. The Labute approximate surface area is 72.7 Å². The Hall–Kier alpha value is -0.760. The monoisotopic (exact) mass is 165 g/mol. The van der Waals surface area contributed by atoms with Crippen molar-refractivity contribution in [1.82, 2.24) is 0 Å². The lowest BCUT2D eigenvalue weighted by Gasteiger charge is -2.09. The van der Waals surface area contributed by atoms with Crippen LogP contribution in [0.5, 0.6) is 0 Å². The average Bonchev–Trinajstić information content (AvgIpc) is 2.74. The molecule has 0 amide bonds. The lowest BCUT2D eigenvalue weighted by Crippen LogP contribution is -2.19. The molecule has 0 unspecified atom stereocenters. The van der Waals surface area contributed by atoms with E-state index in [1.165, 1.54) is 18.4 Å². The molecule has 1 aliphatic carbocycles. The molecule has 0 saturated heterocycles. The molecule has 2 rings (SSSR count). The first-order valence-electron chi connectivity index (χ1n) is 4.45. The maximum atomic E-state index is 5.74. The van der Waals surface area contributed by atoms with Crippen molar-refractivity contribution in [3.63, 3.8) is 0 Å². The fourth-order valence-electron chi connectivity index (χ4n) is 1.89. The summed E-state index contributed by atoms with van der Waals surface area (Å²) >= 11 is 0. The number of hydrogen-bond donors (Lipinski definition) is 1. The highest BCUT2D eigenvalue weighted by Crippen LogP contribution is 2.48. The van der Waals surface area contributed by atoms with Gasteiger partial charge in [-0.2, -0.15) is 0 Å². The summed E-state index contributed by atoms with van der Waals surface area (Å²) in [7, 11) is 0. The van der Waals surface area contributed by atoms with E-state index in [1.807, 2.05) is 13.8 Å². The van der Waals surface area contributed by atoms with Crippen LogP contribution in [0.3, 0.4) is 0 Å². The van der Waals surface area contributed by atoms with E-state index in [9.17, 15) is 0 Å². The van der Waals surface area contributed by atoms with Crippen LogP contribution < -0.4 is 5.73 Å². The summed E-state index contributed by atoms with van der Waals surface area (Å²) in [5.41, 5.74) is 7.35. The summed E-state index contributed by atoms with van der Waals surface area (Å²) in [6.07, 6.45) is 2.45. The predicted molar refractivity (Wildman–Crippen MR) is 48.1 cm³/mol.